The van der Waals surface area contributed by atoms with Crippen LogP contribution in [-0.4, -0.2) is 60.3 Å². The van der Waals surface area contributed by atoms with Crippen molar-refractivity contribution in [2.45, 2.75) is 45.3 Å². The molecule has 1 aliphatic heterocycles. The van der Waals surface area contributed by atoms with Gasteiger partial charge < -0.3 is 20.7 Å². The number of nitrogens with two attached hydrogens (primary N) is 1. The summed E-state index contributed by atoms with van der Waals surface area (Å²) in [6.07, 6.45) is 4.10. The Morgan fingerprint density at radius 1 is 1.15 bits per heavy atom. The standard InChI is InChI=1S/C28H29N9O3/c1-28(2,3)40-27(39)36-12-4-5-20(15-36)37-25-22(24(30)32-16-33-25)23(35-37)18-6-8-19(9-7-18)26(38)34-21-13-17(14-29)10-11-31-21/h6-11,13,16,20H,4-5,12,15H2,1-3H3,(H2,30,32,33)(H,31,34,38). The molecule has 0 radical (unpaired) electrons. The molecular weight excluding hydrogens is 510 g/mol. The van der Waals surface area contributed by atoms with E-state index < -0.39 is 5.60 Å². The van der Waals surface area contributed by atoms with E-state index in [1.807, 2.05) is 31.5 Å². The van der Waals surface area contributed by atoms with E-state index in [1.54, 1.807) is 35.2 Å². The average Bonchev–Trinajstić information content (AvgIpc) is 3.33. The minimum atomic E-state index is -0.586. The zero-order chi connectivity index (χ0) is 28.4. The van der Waals surface area contributed by atoms with Crippen molar-refractivity contribution in [3.8, 4) is 17.3 Å². The van der Waals surface area contributed by atoms with Gasteiger partial charge in [-0.05, 0) is 57.9 Å². The van der Waals surface area contributed by atoms with E-state index in [1.165, 1.54) is 18.6 Å². The molecule has 1 atom stereocenters. The summed E-state index contributed by atoms with van der Waals surface area (Å²) in [7, 11) is 0. The summed E-state index contributed by atoms with van der Waals surface area (Å²) in [5.74, 6) is 0.212. The second-order valence-electron chi connectivity index (χ2n) is 10.5. The molecule has 0 saturated carbocycles. The van der Waals surface area contributed by atoms with Crippen molar-refractivity contribution in [3.63, 3.8) is 0 Å². The zero-order valence-electron chi connectivity index (χ0n) is 22.5. The van der Waals surface area contributed by atoms with Crippen LogP contribution in [-0.2, 0) is 4.74 Å². The maximum atomic E-state index is 12.8. The Kier molecular flexibility index (Phi) is 7.04. The van der Waals surface area contributed by atoms with Crippen LogP contribution in [0.2, 0.25) is 0 Å². The van der Waals surface area contributed by atoms with E-state index in [9.17, 15) is 9.59 Å². The van der Waals surface area contributed by atoms with Crippen LogP contribution < -0.4 is 11.1 Å². The number of likely N-dealkylation sites (tertiary alicyclic amines) is 1. The number of carbonyl (C=O) groups excluding carboxylic acids is 2. The summed E-state index contributed by atoms with van der Waals surface area (Å²) in [6.45, 7) is 6.57. The fraction of sp³-hybridized carbons (Fsp3) is 0.321. The number of nitrogens with one attached hydrogen (secondary N) is 1. The van der Waals surface area contributed by atoms with Gasteiger partial charge in [0.2, 0.25) is 0 Å². The first kappa shape index (κ1) is 26.6. The van der Waals surface area contributed by atoms with E-state index in [0.717, 1.165) is 18.4 Å². The van der Waals surface area contributed by atoms with Crippen molar-refractivity contribution >= 4 is 34.7 Å². The molecule has 1 fully saturated rings. The van der Waals surface area contributed by atoms with E-state index in [0.29, 0.717) is 40.9 Å². The summed E-state index contributed by atoms with van der Waals surface area (Å²) in [4.78, 5) is 40.0. The number of anilines is 2. The lowest BCUT2D eigenvalue weighted by molar-refractivity contribution is 0.0169. The van der Waals surface area contributed by atoms with Gasteiger partial charge in [0.15, 0.2) is 5.65 Å². The number of rotatable bonds is 4. The Labute approximate surface area is 230 Å². The van der Waals surface area contributed by atoms with Gasteiger partial charge in [0.05, 0.1) is 23.1 Å². The quantitative estimate of drug-likeness (QED) is 0.387. The molecule has 40 heavy (non-hydrogen) atoms. The molecule has 12 heteroatoms. The highest BCUT2D eigenvalue weighted by molar-refractivity contribution is 6.04. The molecule has 1 unspecified atom stereocenters. The number of nitriles is 1. The van der Waals surface area contributed by atoms with Crippen LogP contribution in [0.3, 0.4) is 0 Å². The number of aromatic nitrogens is 5. The lowest BCUT2D eigenvalue weighted by Crippen LogP contribution is -2.43. The van der Waals surface area contributed by atoms with E-state index in [4.69, 9.17) is 20.8 Å². The summed E-state index contributed by atoms with van der Waals surface area (Å²) in [5.41, 5.74) is 8.39. The number of hydrogen-bond donors (Lipinski definition) is 2. The molecule has 2 amide bonds. The Balaban J connectivity index is 1.42. The van der Waals surface area contributed by atoms with Gasteiger partial charge in [-0.25, -0.2) is 24.4 Å². The van der Waals surface area contributed by atoms with Crippen molar-refractivity contribution in [3.05, 3.63) is 60.0 Å². The van der Waals surface area contributed by atoms with Crippen molar-refractivity contribution in [1.82, 2.24) is 29.6 Å². The molecule has 3 aromatic heterocycles. The number of nitrogen functional groups attached to an aromatic ring is 1. The van der Waals surface area contributed by atoms with Gasteiger partial charge in [-0.1, -0.05) is 12.1 Å². The first-order valence-corrected chi connectivity index (χ1v) is 12.9. The molecule has 204 valence electrons. The number of carbonyl (C=O) groups is 2. The number of fused-ring (bicyclic) bond motifs is 1. The molecule has 1 aromatic carbocycles. The number of ether oxygens (including phenoxy) is 1. The lowest BCUT2D eigenvalue weighted by atomic mass is 10.1. The maximum Gasteiger partial charge on any atom is 0.410 e. The van der Waals surface area contributed by atoms with Gasteiger partial charge in [-0.2, -0.15) is 10.4 Å². The molecule has 0 aliphatic carbocycles. The van der Waals surface area contributed by atoms with Crippen molar-refractivity contribution in [2.75, 3.05) is 24.1 Å². The monoisotopic (exact) mass is 539 g/mol. The van der Waals surface area contributed by atoms with E-state index >= 15 is 0 Å². The van der Waals surface area contributed by atoms with Gasteiger partial charge >= 0.3 is 6.09 Å². The molecule has 4 heterocycles. The second kappa shape index (κ2) is 10.6. The molecule has 0 spiro atoms. The minimum absolute atomic E-state index is 0.131. The average molecular weight is 540 g/mol. The third-order valence-corrected chi connectivity index (χ3v) is 6.46. The van der Waals surface area contributed by atoms with E-state index in [2.05, 4.69) is 20.3 Å². The van der Waals surface area contributed by atoms with Gasteiger partial charge in [-0.15, -0.1) is 0 Å². The summed E-state index contributed by atoms with van der Waals surface area (Å²) < 4.78 is 7.40. The van der Waals surface area contributed by atoms with Crippen LogP contribution in [0.15, 0.2) is 48.9 Å². The van der Waals surface area contributed by atoms with E-state index in [-0.39, 0.29) is 29.7 Å². The van der Waals surface area contributed by atoms with Crippen LogP contribution in [0, 0.1) is 11.3 Å². The number of amides is 2. The largest absolute Gasteiger partial charge is 0.444 e. The molecular formula is C28H29N9O3. The number of hydrogen-bond acceptors (Lipinski definition) is 9. The lowest BCUT2D eigenvalue weighted by Gasteiger charge is -2.34. The Bertz CT molecular complexity index is 1620. The maximum absolute atomic E-state index is 12.8. The van der Waals surface area contributed by atoms with Crippen LogP contribution in [0.5, 0.6) is 0 Å². The molecule has 4 aromatic rings. The Hall–Kier alpha value is -5.05. The number of nitrogens with zero attached hydrogens (tertiary/aromatic N) is 7. The SMILES string of the molecule is CC(C)(C)OC(=O)N1CCCC(n2nc(-c3ccc(C(=O)Nc4cc(C#N)ccn4)cc3)c3c(N)ncnc32)C1. The molecule has 5 rings (SSSR count). The van der Waals surface area contributed by atoms with Crippen LogP contribution in [0.4, 0.5) is 16.4 Å². The predicted octanol–water partition coefficient (Wildman–Crippen LogP) is 4.17. The first-order chi connectivity index (χ1) is 19.1. The molecule has 1 aliphatic rings. The Morgan fingerprint density at radius 3 is 2.65 bits per heavy atom. The van der Waals surface area contributed by atoms with Crippen LogP contribution >= 0.6 is 0 Å². The fourth-order valence-electron chi connectivity index (χ4n) is 4.64. The number of pyridine rings is 1. The zero-order valence-corrected chi connectivity index (χ0v) is 22.5. The normalized spacial score (nSPS) is 15.4. The third-order valence-electron chi connectivity index (χ3n) is 6.46. The predicted molar refractivity (Wildman–Crippen MR) is 148 cm³/mol. The highest BCUT2D eigenvalue weighted by atomic mass is 16.6. The summed E-state index contributed by atoms with van der Waals surface area (Å²) >= 11 is 0. The van der Waals surface area contributed by atoms with Crippen LogP contribution in [0.25, 0.3) is 22.3 Å². The first-order valence-electron chi connectivity index (χ1n) is 12.9. The third kappa shape index (κ3) is 5.54. The number of piperidine rings is 1. The molecule has 1 saturated heterocycles. The summed E-state index contributed by atoms with van der Waals surface area (Å²) in [6, 6.07) is 11.9. The van der Waals surface area contributed by atoms with Gasteiger partial charge in [0.1, 0.15) is 29.3 Å². The fourth-order valence-corrected chi connectivity index (χ4v) is 4.64. The van der Waals surface area contributed by atoms with Gasteiger partial charge in [-0.3, -0.25) is 4.79 Å². The molecule has 3 N–H and O–H groups in total. The highest BCUT2D eigenvalue weighted by Crippen LogP contribution is 2.34. The summed E-state index contributed by atoms with van der Waals surface area (Å²) in [5, 5.41) is 17.3. The minimum Gasteiger partial charge on any atom is -0.444 e. The second-order valence-corrected chi connectivity index (χ2v) is 10.5. The van der Waals surface area contributed by atoms with Crippen molar-refractivity contribution in [2.24, 2.45) is 0 Å². The van der Waals surface area contributed by atoms with Gasteiger partial charge in [0, 0.05) is 30.4 Å². The number of benzene rings is 1. The molecule has 12 nitrogen and oxygen atoms in total. The highest BCUT2D eigenvalue weighted by Gasteiger charge is 2.31. The smallest absolute Gasteiger partial charge is 0.410 e. The van der Waals surface area contributed by atoms with Crippen LogP contribution in [0.1, 0.15) is 55.6 Å². The topological polar surface area (TPSA) is 165 Å². The van der Waals surface area contributed by atoms with Gasteiger partial charge in [0.25, 0.3) is 5.91 Å². The van der Waals surface area contributed by atoms with Crippen molar-refractivity contribution in [1.29, 1.82) is 5.26 Å². The Morgan fingerprint density at radius 2 is 1.93 bits per heavy atom. The molecule has 0 bridgehead atoms. The van der Waals surface area contributed by atoms with Crippen molar-refractivity contribution < 1.29 is 14.3 Å².